The van der Waals surface area contributed by atoms with Crippen LogP contribution in [0, 0.1) is 0 Å². The molecule has 0 bridgehead atoms. The molecule has 0 fully saturated rings. The minimum Gasteiger partial charge on any atom is -0.293 e. The highest BCUT2D eigenvalue weighted by Gasteiger charge is 1.79. The van der Waals surface area contributed by atoms with Crippen LogP contribution in [0.3, 0.4) is 0 Å². The van der Waals surface area contributed by atoms with Gasteiger partial charge in [-0.15, -0.1) is 0 Å². The van der Waals surface area contributed by atoms with E-state index in [1.54, 1.807) is 7.05 Å². The van der Waals surface area contributed by atoms with Crippen molar-refractivity contribution in [3.63, 3.8) is 0 Å². The van der Waals surface area contributed by atoms with E-state index in [1.165, 1.54) is 5.57 Å². The molecule has 0 aliphatic rings. The summed E-state index contributed by atoms with van der Waals surface area (Å²) in [4.78, 5) is 4.01. The first-order valence-corrected chi connectivity index (χ1v) is 3.98. The summed E-state index contributed by atoms with van der Waals surface area (Å²) in [5.41, 5.74) is 2.45. The van der Waals surface area contributed by atoms with E-state index < -0.39 is 0 Å². The Hall–Kier alpha value is -0.850. The lowest BCUT2D eigenvalue weighted by Crippen LogP contribution is -1.81. The molecule has 0 unspecified atom stereocenters. The Morgan fingerprint density at radius 2 is 2.00 bits per heavy atom. The molecule has 1 heteroatoms. The number of aliphatic imine (C=N–C) groups is 1. The molecule has 0 aliphatic heterocycles. The monoisotopic (exact) mass is 151 g/mol. The Balaban J connectivity index is 3.96. The van der Waals surface area contributed by atoms with Crippen LogP contribution in [0.2, 0.25) is 0 Å². The fourth-order valence-electron chi connectivity index (χ4n) is 0.544. The third-order valence-electron chi connectivity index (χ3n) is 1.63. The second-order valence-electron chi connectivity index (χ2n) is 2.59. The molecule has 0 radical (unpaired) electrons. The standard InChI is InChI=1S/C10H17N/c1-5-9(2)7-6-8-10(3)11-4/h6-8H,5H2,1-4H3/b8-6-,9-7+,11-10?. The summed E-state index contributed by atoms with van der Waals surface area (Å²) in [5, 5.41) is 0. The lowest BCUT2D eigenvalue weighted by atomic mass is 10.2. The summed E-state index contributed by atoms with van der Waals surface area (Å²) in [5.74, 6) is 0. The molecule has 0 aromatic carbocycles. The fraction of sp³-hybridized carbons (Fsp3) is 0.500. The van der Waals surface area contributed by atoms with Gasteiger partial charge in [-0.05, 0) is 26.3 Å². The maximum atomic E-state index is 4.01. The van der Waals surface area contributed by atoms with Gasteiger partial charge in [0.25, 0.3) is 0 Å². The fourth-order valence-corrected chi connectivity index (χ4v) is 0.544. The van der Waals surface area contributed by atoms with Crippen molar-refractivity contribution in [2.45, 2.75) is 27.2 Å². The van der Waals surface area contributed by atoms with Crippen LogP contribution >= 0.6 is 0 Å². The predicted molar refractivity (Wildman–Crippen MR) is 52.2 cm³/mol. The zero-order chi connectivity index (χ0) is 8.69. The first-order valence-electron chi connectivity index (χ1n) is 3.98. The first-order chi connectivity index (χ1) is 5.20. The number of allylic oxidation sites excluding steroid dienone is 4. The molecule has 62 valence electrons. The van der Waals surface area contributed by atoms with E-state index >= 15 is 0 Å². The van der Waals surface area contributed by atoms with Crippen molar-refractivity contribution in [3.8, 4) is 0 Å². The van der Waals surface area contributed by atoms with Gasteiger partial charge in [0.05, 0.1) is 0 Å². The van der Waals surface area contributed by atoms with Gasteiger partial charge in [-0.25, -0.2) is 0 Å². The average Bonchev–Trinajstić information content (AvgIpc) is 2.04. The molecule has 0 aromatic heterocycles. The van der Waals surface area contributed by atoms with E-state index in [4.69, 9.17) is 0 Å². The lowest BCUT2D eigenvalue weighted by Gasteiger charge is -1.89. The van der Waals surface area contributed by atoms with E-state index in [9.17, 15) is 0 Å². The van der Waals surface area contributed by atoms with E-state index in [2.05, 4.69) is 24.9 Å². The van der Waals surface area contributed by atoms with Crippen molar-refractivity contribution in [1.29, 1.82) is 0 Å². The SMILES string of the molecule is CC/C(C)=C/C=C\C(C)=NC. The molecule has 0 amide bonds. The Bertz CT molecular complexity index is 185. The number of rotatable bonds is 3. The van der Waals surface area contributed by atoms with Crippen molar-refractivity contribution >= 4 is 5.71 Å². The number of hydrogen-bond acceptors (Lipinski definition) is 1. The maximum Gasteiger partial charge on any atom is 0.0313 e. The minimum absolute atomic E-state index is 1.06. The summed E-state index contributed by atoms with van der Waals surface area (Å²) < 4.78 is 0. The highest BCUT2D eigenvalue weighted by Crippen LogP contribution is 1.97. The smallest absolute Gasteiger partial charge is 0.0313 e. The molecule has 0 aliphatic carbocycles. The van der Waals surface area contributed by atoms with Gasteiger partial charge in [0.2, 0.25) is 0 Å². The largest absolute Gasteiger partial charge is 0.293 e. The summed E-state index contributed by atoms with van der Waals surface area (Å²) in [6.45, 7) is 6.27. The van der Waals surface area contributed by atoms with Gasteiger partial charge in [-0.2, -0.15) is 0 Å². The van der Waals surface area contributed by atoms with E-state index in [-0.39, 0.29) is 0 Å². The Kier molecular flexibility index (Phi) is 5.44. The molecule has 0 aromatic rings. The third kappa shape index (κ3) is 5.59. The van der Waals surface area contributed by atoms with Crippen molar-refractivity contribution in [2.24, 2.45) is 4.99 Å². The Morgan fingerprint density at radius 1 is 1.36 bits per heavy atom. The van der Waals surface area contributed by atoms with Crippen LogP contribution in [0.25, 0.3) is 0 Å². The summed E-state index contributed by atoms with van der Waals surface area (Å²) >= 11 is 0. The second-order valence-corrected chi connectivity index (χ2v) is 2.59. The van der Waals surface area contributed by atoms with Crippen molar-refractivity contribution in [1.82, 2.24) is 0 Å². The zero-order valence-corrected chi connectivity index (χ0v) is 7.89. The van der Waals surface area contributed by atoms with Crippen LogP contribution in [-0.4, -0.2) is 12.8 Å². The summed E-state index contributed by atoms with van der Waals surface area (Å²) in [6, 6.07) is 0. The molecule has 0 saturated heterocycles. The molecule has 0 saturated carbocycles. The molecule has 1 nitrogen and oxygen atoms in total. The van der Waals surface area contributed by atoms with Crippen LogP contribution in [0.5, 0.6) is 0 Å². The van der Waals surface area contributed by atoms with E-state index in [0.29, 0.717) is 0 Å². The van der Waals surface area contributed by atoms with E-state index in [0.717, 1.165) is 12.1 Å². The first kappa shape index (κ1) is 10.2. The predicted octanol–water partition coefficient (Wildman–Crippen LogP) is 2.99. The van der Waals surface area contributed by atoms with Gasteiger partial charge < -0.3 is 0 Å². The Morgan fingerprint density at radius 3 is 2.45 bits per heavy atom. The van der Waals surface area contributed by atoms with Crippen LogP contribution in [0.4, 0.5) is 0 Å². The lowest BCUT2D eigenvalue weighted by molar-refractivity contribution is 1.10. The van der Waals surface area contributed by atoms with Crippen LogP contribution in [0.1, 0.15) is 27.2 Å². The Labute approximate surface area is 69.5 Å². The normalized spacial score (nSPS) is 14.5. The highest BCUT2D eigenvalue weighted by atomic mass is 14.7. The second kappa shape index (κ2) is 5.90. The average molecular weight is 151 g/mol. The molecule has 0 N–H and O–H groups in total. The quantitative estimate of drug-likeness (QED) is 0.434. The van der Waals surface area contributed by atoms with Crippen molar-refractivity contribution in [3.05, 3.63) is 23.8 Å². The molecular weight excluding hydrogens is 134 g/mol. The molecule has 11 heavy (non-hydrogen) atoms. The van der Waals surface area contributed by atoms with Gasteiger partial charge in [-0.1, -0.05) is 24.6 Å². The van der Waals surface area contributed by atoms with Crippen LogP contribution < -0.4 is 0 Å². The van der Waals surface area contributed by atoms with Crippen LogP contribution in [0.15, 0.2) is 28.8 Å². The third-order valence-corrected chi connectivity index (χ3v) is 1.63. The number of nitrogens with zero attached hydrogens (tertiary/aromatic N) is 1. The summed E-state index contributed by atoms with van der Waals surface area (Å²) in [7, 11) is 1.80. The van der Waals surface area contributed by atoms with Gasteiger partial charge in [0, 0.05) is 12.8 Å². The number of hydrogen-bond donors (Lipinski definition) is 0. The van der Waals surface area contributed by atoms with Crippen molar-refractivity contribution in [2.75, 3.05) is 7.05 Å². The van der Waals surface area contributed by atoms with Crippen molar-refractivity contribution < 1.29 is 0 Å². The topological polar surface area (TPSA) is 12.4 Å². The maximum absolute atomic E-state index is 4.01. The van der Waals surface area contributed by atoms with Gasteiger partial charge >= 0.3 is 0 Å². The van der Waals surface area contributed by atoms with Gasteiger partial charge in [0.1, 0.15) is 0 Å². The minimum atomic E-state index is 1.06. The molecular formula is C10H17N. The zero-order valence-electron chi connectivity index (χ0n) is 7.89. The van der Waals surface area contributed by atoms with E-state index in [1.807, 2.05) is 19.1 Å². The summed E-state index contributed by atoms with van der Waals surface area (Å²) in [6.07, 6.45) is 7.29. The molecule has 0 heterocycles. The molecule has 0 atom stereocenters. The molecule has 0 rings (SSSR count). The van der Waals surface area contributed by atoms with Gasteiger partial charge in [0.15, 0.2) is 0 Å². The van der Waals surface area contributed by atoms with Gasteiger partial charge in [-0.3, -0.25) is 4.99 Å². The highest BCUT2D eigenvalue weighted by molar-refractivity contribution is 5.92. The van der Waals surface area contributed by atoms with Crippen LogP contribution in [-0.2, 0) is 0 Å². The molecule has 0 spiro atoms.